The number of hydrogen-bond donors (Lipinski definition) is 0. The van der Waals surface area contributed by atoms with Gasteiger partial charge in [0.25, 0.3) is 0 Å². The van der Waals surface area contributed by atoms with Gasteiger partial charge in [-0.05, 0) is 36.3 Å². The van der Waals surface area contributed by atoms with Crippen molar-refractivity contribution in [1.29, 1.82) is 0 Å². The molecule has 0 unspecified atom stereocenters. The Morgan fingerprint density at radius 1 is 1.35 bits per heavy atom. The second-order valence-electron chi connectivity index (χ2n) is 5.02. The maximum atomic E-state index is 11.5. The molecule has 0 radical (unpaired) electrons. The molecule has 92 valence electrons. The summed E-state index contributed by atoms with van der Waals surface area (Å²) in [5.74, 6) is 1.00. The van der Waals surface area contributed by atoms with Gasteiger partial charge in [-0.3, -0.25) is 4.79 Å². The fraction of sp³-hybridized carbons (Fsp3) is 0.533. The van der Waals surface area contributed by atoms with Gasteiger partial charge in [-0.1, -0.05) is 38.1 Å². The van der Waals surface area contributed by atoms with E-state index < -0.39 is 0 Å². The van der Waals surface area contributed by atoms with Crippen LogP contribution in [-0.4, -0.2) is 12.6 Å². The van der Waals surface area contributed by atoms with Crippen molar-refractivity contribution in [3.63, 3.8) is 0 Å². The number of ether oxygens (including phenoxy) is 1. The van der Waals surface area contributed by atoms with Gasteiger partial charge in [0.2, 0.25) is 0 Å². The van der Waals surface area contributed by atoms with Crippen LogP contribution in [0, 0.1) is 5.92 Å². The lowest BCUT2D eigenvalue weighted by Gasteiger charge is -2.06. The molecular weight excluding hydrogens is 212 g/mol. The van der Waals surface area contributed by atoms with Gasteiger partial charge in [-0.25, -0.2) is 0 Å². The molecule has 0 heterocycles. The predicted octanol–water partition coefficient (Wildman–Crippen LogP) is 3.48. The van der Waals surface area contributed by atoms with E-state index in [-0.39, 0.29) is 11.9 Å². The Kier molecular flexibility index (Phi) is 3.51. The van der Waals surface area contributed by atoms with E-state index in [2.05, 4.69) is 38.1 Å². The van der Waals surface area contributed by atoms with Crippen LogP contribution in [-0.2, 0) is 9.53 Å². The zero-order valence-electron chi connectivity index (χ0n) is 10.8. The quantitative estimate of drug-likeness (QED) is 0.743. The van der Waals surface area contributed by atoms with Crippen molar-refractivity contribution in [3.8, 4) is 0 Å². The van der Waals surface area contributed by atoms with Gasteiger partial charge >= 0.3 is 5.97 Å². The molecule has 2 atom stereocenters. The maximum Gasteiger partial charge on any atom is 0.309 e. The molecular formula is C15H20O2. The third-order valence-corrected chi connectivity index (χ3v) is 3.41. The van der Waals surface area contributed by atoms with E-state index in [1.165, 1.54) is 11.1 Å². The summed E-state index contributed by atoms with van der Waals surface area (Å²) in [6.07, 6.45) is 0.944. The zero-order valence-corrected chi connectivity index (χ0v) is 10.8. The summed E-state index contributed by atoms with van der Waals surface area (Å²) in [6, 6.07) is 8.64. The molecule has 2 nitrogen and oxygen atoms in total. The monoisotopic (exact) mass is 232 g/mol. The van der Waals surface area contributed by atoms with E-state index >= 15 is 0 Å². The molecule has 17 heavy (non-hydrogen) atoms. The van der Waals surface area contributed by atoms with Gasteiger partial charge < -0.3 is 4.74 Å². The summed E-state index contributed by atoms with van der Waals surface area (Å²) in [5.41, 5.74) is 2.62. The first-order chi connectivity index (χ1) is 8.13. The largest absolute Gasteiger partial charge is 0.466 e. The molecule has 0 spiro atoms. The van der Waals surface area contributed by atoms with Gasteiger partial charge in [-0.2, -0.15) is 0 Å². The van der Waals surface area contributed by atoms with Gasteiger partial charge in [0.05, 0.1) is 12.5 Å². The van der Waals surface area contributed by atoms with Crippen molar-refractivity contribution in [3.05, 3.63) is 35.4 Å². The molecule has 1 aromatic rings. The van der Waals surface area contributed by atoms with Crippen molar-refractivity contribution in [2.75, 3.05) is 6.61 Å². The SMILES string of the molecule is CCOC(=O)[C@@H]1C[C@@H]1c1ccc(C(C)C)cc1. The summed E-state index contributed by atoms with van der Waals surface area (Å²) in [4.78, 5) is 11.5. The highest BCUT2D eigenvalue weighted by Crippen LogP contribution is 2.48. The van der Waals surface area contributed by atoms with Crippen LogP contribution in [0.5, 0.6) is 0 Å². The van der Waals surface area contributed by atoms with E-state index in [0.29, 0.717) is 18.4 Å². The van der Waals surface area contributed by atoms with Crippen LogP contribution in [0.4, 0.5) is 0 Å². The Balaban J connectivity index is 1.99. The molecule has 2 heteroatoms. The minimum Gasteiger partial charge on any atom is -0.466 e. The Labute approximate surface area is 103 Å². The zero-order chi connectivity index (χ0) is 12.4. The number of hydrogen-bond acceptors (Lipinski definition) is 2. The number of esters is 1. The smallest absolute Gasteiger partial charge is 0.309 e. The Morgan fingerprint density at radius 2 is 2.00 bits per heavy atom. The number of benzene rings is 1. The topological polar surface area (TPSA) is 26.3 Å². The minimum atomic E-state index is -0.0366. The highest BCUT2D eigenvalue weighted by atomic mass is 16.5. The number of carbonyl (C=O) groups is 1. The standard InChI is InChI=1S/C15H20O2/c1-4-17-15(16)14-9-13(14)12-7-5-11(6-8-12)10(2)3/h5-8,10,13-14H,4,9H2,1-3H3/t13-,14-/m1/s1. The van der Waals surface area contributed by atoms with Gasteiger partial charge in [-0.15, -0.1) is 0 Å². The molecule has 1 aromatic carbocycles. The van der Waals surface area contributed by atoms with Crippen LogP contribution in [0.15, 0.2) is 24.3 Å². The molecule has 1 saturated carbocycles. The lowest BCUT2D eigenvalue weighted by molar-refractivity contribution is -0.144. The molecule has 1 aliphatic carbocycles. The molecule has 0 bridgehead atoms. The molecule has 0 amide bonds. The van der Waals surface area contributed by atoms with Crippen LogP contribution in [0.3, 0.4) is 0 Å². The van der Waals surface area contributed by atoms with E-state index in [4.69, 9.17) is 4.74 Å². The molecule has 0 N–H and O–H groups in total. The molecule has 2 rings (SSSR count). The van der Waals surface area contributed by atoms with Crippen molar-refractivity contribution in [2.45, 2.75) is 39.0 Å². The number of carbonyl (C=O) groups excluding carboxylic acids is 1. The molecule has 1 aliphatic rings. The van der Waals surface area contributed by atoms with E-state index in [9.17, 15) is 4.79 Å². The highest BCUT2D eigenvalue weighted by molar-refractivity contribution is 5.77. The molecule has 0 aliphatic heterocycles. The van der Waals surface area contributed by atoms with Gasteiger partial charge in [0, 0.05) is 0 Å². The predicted molar refractivity (Wildman–Crippen MR) is 68.0 cm³/mol. The maximum absolute atomic E-state index is 11.5. The van der Waals surface area contributed by atoms with Crippen LogP contribution in [0.1, 0.15) is 50.2 Å². The first-order valence-electron chi connectivity index (χ1n) is 6.40. The second kappa shape index (κ2) is 4.91. The second-order valence-corrected chi connectivity index (χ2v) is 5.02. The Hall–Kier alpha value is -1.31. The van der Waals surface area contributed by atoms with Crippen LogP contribution in [0.2, 0.25) is 0 Å². The highest BCUT2D eigenvalue weighted by Gasteiger charge is 2.44. The Bertz CT molecular complexity index is 392. The van der Waals surface area contributed by atoms with Crippen molar-refractivity contribution in [2.24, 2.45) is 5.92 Å². The van der Waals surface area contributed by atoms with E-state index in [1.807, 2.05) is 6.92 Å². The average Bonchev–Trinajstić information content (AvgIpc) is 3.09. The molecule has 0 saturated heterocycles. The minimum absolute atomic E-state index is 0.0366. The van der Waals surface area contributed by atoms with Crippen molar-refractivity contribution >= 4 is 5.97 Å². The van der Waals surface area contributed by atoms with Crippen molar-refractivity contribution in [1.82, 2.24) is 0 Å². The first-order valence-corrected chi connectivity index (χ1v) is 6.40. The fourth-order valence-corrected chi connectivity index (χ4v) is 2.20. The lowest BCUT2D eigenvalue weighted by atomic mass is 10.00. The summed E-state index contributed by atoms with van der Waals surface area (Å²) in [7, 11) is 0. The molecule has 1 fully saturated rings. The van der Waals surface area contributed by atoms with Crippen molar-refractivity contribution < 1.29 is 9.53 Å². The summed E-state index contributed by atoms with van der Waals surface area (Å²) < 4.78 is 5.04. The third-order valence-electron chi connectivity index (χ3n) is 3.41. The lowest BCUT2D eigenvalue weighted by Crippen LogP contribution is -2.07. The van der Waals surface area contributed by atoms with Crippen LogP contribution < -0.4 is 0 Å². The van der Waals surface area contributed by atoms with E-state index in [1.54, 1.807) is 0 Å². The number of rotatable bonds is 4. The summed E-state index contributed by atoms with van der Waals surface area (Å²) in [6.45, 7) is 6.71. The summed E-state index contributed by atoms with van der Waals surface area (Å²) in [5, 5.41) is 0. The normalized spacial score (nSPS) is 22.6. The third kappa shape index (κ3) is 2.68. The first kappa shape index (κ1) is 12.2. The molecule has 0 aromatic heterocycles. The summed E-state index contributed by atoms with van der Waals surface area (Å²) >= 11 is 0. The fourth-order valence-electron chi connectivity index (χ4n) is 2.20. The van der Waals surface area contributed by atoms with E-state index in [0.717, 1.165) is 6.42 Å². The average molecular weight is 232 g/mol. The van der Waals surface area contributed by atoms with Crippen LogP contribution >= 0.6 is 0 Å². The van der Waals surface area contributed by atoms with Gasteiger partial charge in [0.15, 0.2) is 0 Å². The Morgan fingerprint density at radius 3 is 2.53 bits per heavy atom. The van der Waals surface area contributed by atoms with Crippen LogP contribution in [0.25, 0.3) is 0 Å². The van der Waals surface area contributed by atoms with Gasteiger partial charge in [0.1, 0.15) is 0 Å².